The monoisotopic (exact) mass is 618 g/mol. The molecule has 7 aromatic rings. The fourth-order valence-electron chi connectivity index (χ4n) is 8.67. The van der Waals surface area contributed by atoms with Crippen LogP contribution in [0.5, 0.6) is 0 Å². The van der Waals surface area contributed by atoms with Gasteiger partial charge in [-0.1, -0.05) is 141 Å². The minimum Gasteiger partial charge on any atom is -0.399 e. The van der Waals surface area contributed by atoms with Gasteiger partial charge in [-0.3, -0.25) is 0 Å². The number of hydrogen-bond donors (Lipinski definition) is 2. The van der Waals surface area contributed by atoms with Crippen molar-refractivity contribution >= 4 is 75.3 Å². The van der Waals surface area contributed by atoms with E-state index in [-0.39, 0.29) is 6.71 Å². The smallest absolute Gasteiger partial charge is 0.243 e. The normalized spacial score (nSPS) is 14.1. The van der Waals surface area contributed by atoms with E-state index < -0.39 is 8.80 Å². The highest BCUT2D eigenvalue weighted by Crippen LogP contribution is 2.37. The molecule has 0 aliphatic carbocycles. The van der Waals surface area contributed by atoms with E-state index in [1.807, 2.05) is 0 Å². The van der Waals surface area contributed by atoms with Gasteiger partial charge in [0.25, 0.3) is 0 Å². The van der Waals surface area contributed by atoms with Crippen LogP contribution in [-0.2, 0) is 0 Å². The van der Waals surface area contributed by atoms with E-state index in [1.165, 1.54) is 81.7 Å². The Kier molecular flexibility index (Phi) is 6.31. The summed E-state index contributed by atoms with van der Waals surface area (Å²) in [4.78, 5) is 0. The minimum atomic E-state index is -1.99. The van der Waals surface area contributed by atoms with Gasteiger partial charge in [-0.25, -0.2) is 0 Å². The van der Waals surface area contributed by atoms with Gasteiger partial charge < -0.3 is 11.1 Å². The van der Waals surface area contributed by atoms with Crippen LogP contribution >= 0.6 is 0 Å². The topological polar surface area (TPSA) is 38.0 Å². The molecule has 2 nitrogen and oxygen atoms in total. The summed E-state index contributed by atoms with van der Waals surface area (Å²) in [6, 6.07) is 49.6. The molecule has 0 radical (unpaired) electrons. The minimum absolute atomic E-state index is 0.148. The van der Waals surface area contributed by atoms with Crippen LogP contribution in [0.3, 0.4) is 0 Å². The molecule has 2 aliphatic heterocycles. The fourth-order valence-corrected chi connectivity index (χ4v) is 12.2. The highest BCUT2D eigenvalue weighted by atomic mass is 28.3. The lowest BCUT2D eigenvalue weighted by atomic mass is 9.37. The summed E-state index contributed by atoms with van der Waals surface area (Å²) in [5.74, 6) is 0. The van der Waals surface area contributed by atoms with Gasteiger partial charge in [0.05, 0.1) is 0 Å². The molecule has 0 fully saturated rings. The van der Waals surface area contributed by atoms with E-state index in [2.05, 4.69) is 160 Å². The first-order valence-corrected chi connectivity index (χ1v) is 18.3. The summed E-state index contributed by atoms with van der Waals surface area (Å²) in [5.41, 5.74) is 23.4. The number of nitrogens with one attached hydrogen (secondary N) is 1. The fraction of sp³-hybridized carbons (Fsp3) is 0.0698. The van der Waals surface area contributed by atoms with E-state index in [9.17, 15) is 0 Å². The third kappa shape index (κ3) is 4.32. The van der Waals surface area contributed by atoms with Gasteiger partial charge in [0.1, 0.15) is 8.80 Å². The summed E-state index contributed by atoms with van der Waals surface area (Å²) in [6.07, 6.45) is 0. The highest BCUT2D eigenvalue weighted by Gasteiger charge is 2.42. The van der Waals surface area contributed by atoms with Gasteiger partial charge in [0, 0.05) is 22.4 Å². The van der Waals surface area contributed by atoms with Crippen molar-refractivity contribution in [3.63, 3.8) is 0 Å². The Bertz CT molecular complexity index is 2370. The zero-order chi connectivity index (χ0) is 31.8. The van der Waals surface area contributed by atoms with Crippen LogP contribution in [0.15, 0.2) is 133 Å². The molecule has 224 valence electrons. The molecule has 0 aromatic heterocycles. The number of fused-ring (bicyclic) bond motifs is 3. The molecule has 9 rings (SSSR count). The van der Waals surface area contributed by atoms with Crippen molar-refractivity contribution in [1.82, 2.24) is 0 Å². The van der Waals surface area contributed by atoms with Gasteiger partial charge in [0.15, 0.2) is 0 Å². The van der Waals surface area contributed by atoms with Crippen molar-refractivity contribution in [2.75, 3.05) is 11.1 Å². The lowest BCUT2D eigenvalue weighted by molar-refractivity contribution is 1.35. The molecular formula is C43H35BN2Si. The maximum Gasteiger partial charge on any atom is 0.243 e. The molecule has 0 amide bonds. The van der Waals surface area contributed by atoms with E-state index in [4.69, 9.17) is 5.73 Å². The van der Waals surface area contributed by atoms with Gasteiger partial charge in [-0.2, -0.15) is 0 Å². The molecule has 2 aliphatic rings. The zero-order valence-corrected chi connectivity index (χ0v) is 28.1. The Morgan fingerprint density at radius 3 is 2.17 bits per heavy atom. The summed E-state index contributed by atoms with van der Waals surface area (Å²) in [6.45, 7) is 6.94. The third-order valence-corrected chi connectivity index (χ3v) is 13.6. The standard InChI is InChI=1S/C43H35BN2Si/c1-26-21-27(2)43(28(3)22-26)44-36-17-10-16-35-34-20-19-30(45)23-39(34)47(32-13-5-4-6-14-32)40-25-31(24-37(44)42(40)41(35)36)46-38-18-9-12-29-11-7-8-15-33(29)38/h4-25,46-47H,45H2,1-3H3. The van der Waals surface area contributed by atoms with E-state index in [0.29, 0.717) is 0 Å². The lowest BCUT2D eigenvalue weighted by Crippen LogP contribution is -2.55. The molecule has 1 atom stereocenters. The SMILES string of the molecule is Cc1cc(C)c(B2c3cccc4c3-c3c2cc(Nc2cccc5ccccc25)cc3[SiH](c2ccccc2)c2cc(N)ccc2-4)c(C)c1. The molecule has 0 spiro atoms. The van der Waals surface area contributed by atoms with Gasteiger partial charge in [-0.15, -0.1) is 0 Å². The lowest BCUT2D eigenvalue weighted by Gasteiger charge is -2.24. The average Bonchev–Trinajstić information content (AvgIpc) is 3.33. The molecular weight excluding hydrogens is 583 g/mol. The summed E-state index contributed by atoms with van der Waals surface area (Å²) < 4.78 is 0. The number of nitrogens with two attached hydrogens (primary N) is 1. The zero-order valence-electron chi connectivity index (χ0n) is 26.9. The first kappa shape index (κ1) is 27.9. The van der Waals surface area contributed by atoms with Gasteiger partial charge >= 0.3 is 0 Å². The Labute approximate surface area is 278 Å². The largest absolute Gasteiger partial charge is 0.399 e. The predicted octanol–water partition coefficient (Wildman–Crippen LogP) is 5.82. The second-order valence-corrected chi connectivity index (χ2v) is 16.2. The maximum absolute atomic E-state index is 6.59. The summed E-state index contributed by atoms with van der Waals surface area (Å²) in [7, 11) is -1.99. The van der Waals surface area contributed by atoms with Crippen LogP contribution in [0, 0.1) is 20.8 Å². The van der Waals surface area contributed by atoms with Crippen LogP contribution < -0.4 is 43.0 Å². The van der Waals surface area contributed by atoms with Crippen molar-refractivity contribution in [3.8, 4) is 22.3 Å². The molecule has 3 N–H and O–H groups in total. The van der Waals surface area contributed by atoms with Crippen molar-refractivity contribution in [2.24, 2.45) is 0 Å². The summed E-state index contributed by atoms with van der Waals surface area (Å²) >= 11 is 0. The van der Waals surface area contributed by atoms with Gasteiger partial charge in [-0.05, 0) is 89.1 Å². The number of hydrogen-bond acceptors (Lipinski definition) is 2. The average molecular weight is 619 g/mol. The van der Waals surface area contributed by atoms with Crippen molar-refractivity contribution in [3.05, 3.63) is 150 Å². The molecule has 2 heterocycles. The van der Waals surface area contributed by atoms with E-state index >= 15 is 0 Å². The molecule has 47 heavy (non-hydrogen) atoms. The molecule has 0 saturated carbocycles. The van der Waals surface area contributed by atoms with Gasteiger partial charge in [0.2, 0.25) is 6.71 Å². The molecule has 4 heteroatoms. The Morgan fingerprint density at radius 1 is 0.596 bits per heavy atom. The molecule has 1 unspecified atom stereocenters. The Balaban J connectivity index is 1.40. The molecule has 0 saturated heterocycles. The Morgan fingerprint density at radius 2 is 1.34 bits per heavy atom. The Hall–Kier alpha value is -5.32. The van der Waals surface area contributed by atoms with Crippen LogP contribution in [0.25, 0.3) is 33.0 Å². The highest BCUT2D eigenvalue weighted by molar-refractivity contribution is 7.03. The predicted molar refractivity (Wildman–Crippen MR) is 207 cm³/mol. The summed E-state index contributed by atoms with van der Waals surface area (Å²) in [5, 5.41) is 10.7. The molecule has 7 aromatic carbocycles. The van der Waals surface area contributed by atoms with Crippen LogP contribution in [0.1, 0.15) is 16.7 Å². The first-order chi connectivity index (χ1) is 23.0. The van der Waals surface area contributed by atoms with Crippen molar-refractivity contribution in [1.29, 1.82) is 0 Å². The maximum atomic E-state index is 6.59. The van der Waals surface area contributed by atoms with Crippen molar-refractivity contribution < 1.29 is 0 Å². The third-order valence-electron chi connectivity index (χ3n) is 10.4. The molecule has 0 bridgehead atoms. The number of anilines is 3. The van der Waals surface area contributed by atoms with Crippen LogP contribution in [0.4, 0.5) is 17.1 Å². The first-order valence-electron chi connectivity index (χ1n) is 16.5. The second-order valence-electron chi connectivity index (χ2n) is 13.4. The number of benzene rings is 7. The number of rotatable bonds is 4. The van der Waals surface area contributed by atoms with E-state index in [0.717, 1.165) is 17.1 Å². The second kappa shape index (κ2) is 10.6. The van der Waals surface area contributed by atoms with Crippen molar-refractivity contribution in [2.45, 2.75) is 20.8 Å². The van der Waals surface area contributed by atoms with Crippen LogP contribution in [-0.4, -0.2) is 15.5 Å². The number of aryl methyl sites for hydroxylation is 3. The quantitative estimate of drug-likeness (QED) is 0.193. The van der Waals surface area contributed by atoms with E-state index in [1.54, 1.807) is 0 Å². The number of nitrogen functional groups attached to an aromatic ring is 1. The van der Waals surface area contributed by atoms with Crippen LogP contribution in [0.2, 0.25) is 0 Å².